The largest absolute Gasteiger partial charge is 0.495 e. The number of anilines is 1. The first-order chi connectivity index (χ1) is 12.3. The van der Waals surface area contributed by atoms with Gasteiger partial charge >= 0.3 is 0 Å². The second-order valence-corrected chi connectivity index (χ2v) is 8.97. The van der Waals surface area contributed by atoms with Crippen LogP contribution in [0.2, 0.25) is 15.1 Å². The summed E-state index contributed by atoms with van der Waals surface area (Å²) in [5.41, 5.74) is 0.802. The third kappa shape index (κ3) is 3.89. The van der Waals surface area contributed by atoms with E-state index in [-0.39, 0.29) is 10.6 Å². The zero-order valence-electron chi connectivity index (χ0n) is 14.0. The van der Waals surface area contributed by atoms with Gasteiger partial charge in [-0.15, -0.1) is 0 Å². The van der Waals surface area contributed by atoms with Crippen molar-refractivity contribution in [2.75, 3.05) is 38.2 Å². The number of sulfonamides is 1. The van der Waals surface area contributed by atoms with Crippen LogP contribution in [0.25, 0.3) is 0 Å². The Kier molecular flexibility index (Phi) is 5.89. The van der Waals surface area contributed by atoms with Gasteiger partial charge in [0.05, 0.1) is 17.8 Å². The second kappa shape index (κ2) is 7.82. The van der Waals surface area contributed by atoms with Gasteiger partial charge in [-0.2, -0.15) is 4.31 Å². The number of piperazine rings is 1. The van der Waals surface area contributed by atoms with Crippen molar-refractivity contribution >= 4 is 50.5 Å². The molecule has 1 aliphatic heterocycles. The van der Waals surface area contributed by atoms with Gasteiger partial charge in [-0.25, -0.2) is 8.42 Å². The van der Waals surface area contributed by atoms with Crippen molar-refractivity contribution in [2.45, 2.75) is 4.90 Å². The molecule has 0 spiro atoms. The van der Waals surface area contributed by atoms with Crippen LogP contribution in [-0.4, -0.2) is 46.0 Å². The summed E-state index contributed by atoms with van der Waals surface area (Å²) in [6.07, 6.45) is 0. The van der Waals surface area contributed by atoms with E-state index < -0.39 is 10.0 Å². The first kappa shape index (κ1) is 19.6. The van der Waals surface area contributed by atoms with Crippen LogP contribution in [0.5, 0.6) is 5.75 Å². The second-order valence-electron chi connectivity index (χ2n) is 5.78. The molecule has 5 nitrogen and oxygen atoms in total. The van der Waals surface area contributed by atoms with Crippen molar-refractivity contribution in [1.29, 1.82) is 0 Å². The van der Waals surface area contributed by atoms with E-state index in [0.29, 0.717) is 41.2 Å². The van der Waals surface area contributed by atoms with Crippen molar-refractivity contribution in [1.82, 2.24) is 4.31 Å². The van der Waals surface area contributed by atoms with Gasteiger partial charge in [0, 0.05) is 36.2 Å². The van der Waals surface area contributed by atoms with E-state index in [0.717, 1.165) is 5.69 Å². The van der Waals surface area contributed by atoms with Crippen LogP contribution >= 0.6 is 34.8 Å². The van der Waals surface area contributed by atoms with E-state index in [2.05, 4.69) is 0 Å². The number of ether oxygens (including phenoxy) is 1. The number of benzene rings is 2. The Balaban J connectivity index is 1.81. The highest BCUT2D eigenvalue weighted by molar-refractivity contribution is 7.89. The molecule has 0 aliphatic carbocycles. The minimum atomic E-state index is -3.71. The average molecular weight is 436 g/mol. The van der Waals surface area contributed by atoms with E-state index in [1.54, 1.807) is 30.3 Å². The molecule has 0 amide bonds. The summed E-state index contributed by atoms with van der Waals surface area (Å²) in [5, 5.41) is 1.51. The monoisotopic (exact) mass is 434 g/mol. The molecule has 1 aliphatic rings. The number of hydrogen-bond donors (Lipinski definition) is 0. The van der Waals surface area contributed by atoms with Gasteiger partial charge in [0.1, 0.15) is 10.6 Å². The first-order valence-electron chi connectivity index (χ1n) is 7.86. The Labute approximate surface area is 168 Å². The molecular weight excluding hydrogens is 419 g/mol. The van der Waals surface area contributed by atoms with Crippen molar-refractivity contribution in [2.24, 2.45) is 0 Å². The summed E-state index contributed by atoms with van der Waals surface area (Å²) >= 11 is 18.3. The molecule has 0 bridgehead atoms. The highest BCUT2D eigenvalue weighted by Gasteiger charge is 2.31. The van der Waals surface area contributed by atoms with Gasteiger partial charge in [0.15, 0.2) is 0 Å². The maximum absolute atomic E-state index is 13.0. The molecule has 2 aromatic rings. The Hall–Kier alpha value is -1.18. The average Bonchev–Trinajstić information content (AvgIpc) is 2.64. The molecule has 1 heterocycles. The zero-order chi connectivity index (χ0) is 18.9. The molecule has 0 N–H and O–H groups in total. The van der Waals surface area contributed by atoms with Crippen LogP contribution in [0.1, 0.15) is 0 Å². The summed E-state index contributed by atoms with van der Waals surface area (Å²) in [7, 11) is -2.28. The minimum Gasteiger partial charge on any atom is -0.495 e. The minimum absolute atomic E-state index is 0.0711. The number of nitrogens with zero attached hydrogens (tertiary/aromatic N) is 2. The molecule has 1 saturated heterocycles. The predicted molar refractivity (Wildman–Crippen MR) is 105 cm³/mol. The lowest BCUT2D eigenvalue weighted by molar-refractivity contribution is 0.374. The maximum Gasteiger partial charge on any atom is 0.246 e. The van der Waals surface area contributed by atoms with Gasteiger partial charge in [-0.05, 0) is 36.4 Å². The Morgan fingerprint density at radius 1 is 0.923 bits per heavy atom. The number of rotatable bonds is 4. The van der Waals surface area contributed by atoms with Gasteiger partial charge in [0.25, 0.3) is 0 Å². The molecular formula is C17H17Cl3N2O3S. The molecule has 140 valence electrons. The predicted octanol–water partition coefficient (Wildman–Crippen LogP) is 4.17. The van der Waals surface area contributed by atoms with Gasteiger partial charge in [-0.3, -0.25) is 0 Å². The fourth-order valence-corrected chi connectivity index (χ4v) is 5.13. The zero-order valence-corrected chi connectivity index (χ0v) is 17.0. The number of halogens is 3. The quantitative estimate of drug-likeness (QED) is 0.723. The molecule has 3 rings (SSSR count). The fraction of sp³-hybridized carbons (Fsp3) is 0.294. The van der Waals surface area contributed by atoms with Crippen LogP contribution in [-0.2, 0) is 10.0 Å². The lowest BCUT2D eigenvalue weighted by Crippen LogP contribution is -2.48. The molecule has 0 radical (unpaired) electrons. The molecule has 0 unspecified atom stereocenters. The van der Waals surface area contributed by atoms with Gasteiger partial charge < -0.3 is 9.64 Å². The molecule has 1 fully saturated rings. The van der Waals surface area contributed by atoms with Crippen LogP contribution < -0.4 is 9.64 Å². The standard InChI is InChI=1S/C17H17Cl3N2O3S/c1-25-16-5-3-13(19)11-17(16)26(23,24)22-8-6-21(7-9-22)15-10-12(18)2-4-14(15)20/h2-5,10-11H,6-9H2,1H3. The third-order valence-corrected chi connectivity index (χ3v) is 6.94. The van der Waals surface area contributed by atoms with Crippen LogP contribution in [0, 0.1) is 0 Å². The lowest BCUT2D eigenvalue weighted by Gasteiger charge is -2.36. The SMILES string of the molecule is COc1ccc(Cl)cc1S(=O)(=O)N1CCN(c2cc(Cl)ccc2Cl)CC1. The molecule has 0 aromatic heterocycles. The van der Waals surface area contributed by atoms with Gasteiger partial charge in [0.2, 0.25) is 10.0 Å². The summed E-state index contributed by atoms with van der Waals surface area (Å²) < 4.78 is 32.6. The topological polar surface area (TPSA) is 49.9 Å². The summed E-state index contributed by atoms with van der Waals surface area (Å²) in [4.78, 5) is 2.09. The van der Waals surface area contributed by atoms with Crippen molar-refractivity contribution in [3.63, 3.8) is 0 Å². The van der Waals surface area contributed by atoms with Crippen LogP contribution in [0.15, 0.2) is 41.3 Å². The Morgan fingerprint density at radius 3 is 2.19 bits per heavy atom. The highest BCUT2D eigenvalue weighted by atomic mass is 35.5. The number of methoxy groups -OCH3 is 1. The molecule has 0 saturated carbocycles. The summed E-state index contributed by atoms with van der Waals surface area (Å²) in [6, 6.07) is 9.80. The van der Waals surface area contributed by atoms with Crippen LogP contribution in [0.4, 0.5) is 5.69 Å². The Morgan fingerprint density at radius 2 is 1.54 bits per heavy atom. The van der Waals surface area contributed by atoms with Crippen LogP contribution in [0.3, 0.4) is 0 Å². The third-order valence-electron chi connectivity index (χ3n) is 4.23. The summed E-state index contributed by atoms with van der Waals surface area (Å²) in [6.45, 7) is 1.64. The molecule has 0 atom stereocenters. The smallest absolute Gasteiger partial charge is 0.246 e. The highest BCUT2D eigenvalue weighted by Crippen LogP contribution is 2.32. The molecule has 9 heteroatoms. The molecule has 26 heavy (non-hydrogen) atoms. The van der Waals surface area contributed by atoms with Gasteiger partial charge in [-0.1, -0.05) is 34.8 Å². The summed E-state index contributed by atoms with van der Waals surface area (Å²) in [5.74, 6) is 0.273. The fourth-order valence-electron chi connectivity index (χ4n) is 2.89. The van der Waals surface area contributed by atoms with Crippen molar-refractivity contribution in [3.05, 3.63) is 51.5 Å². The van der Waals surface area contributed by atoms with E-state index >= 15 is 0 Å². The molecule has 2 aromatic carbocycles. The lowest BCUT2D eigenvalue weighted by atomic mass is 10.2. The van der Waals surface area contributed by atoms with E-state index in [1.165, 1.54) is 17.5 Å². The Bertz CT molecular complexity index is 913. The maximum atomic E-state index is 13.0. The van der Waals surface area contributed by atoms with Crippen molar-refractivity contribution < 1.29 is 13.2 Å². The first-order valence-corrected chi connectivity index (χ1v) is 10.4. The van der Waals surface area contributed by atoms with E-state index in [4.69, 9.17) is 39.5 Å². The van der Waals surface area contributed by atoms with E-state index in [1.807, 2.05) is 4.90 Å². The van der Waals surface area contributed by atoms with Crippen molar-refractivity contribution in [3.8, 4) is 5.75 Å². The normalized spacial score (nSPS) is 15.9. The number of hydrogen-bond acceptors (Lipinski definition) is 4. The van der Waals surface area contributed by atoms with E-state index in [9.17, 15) is 8.42 Å².